The fourth-order valence-electron chi connectivity index (χ4n) is 8.87. The number of nitrogens with one attached hydrogen (secondary N) is 9. The number of hydrogen-bond acceptors (Lipinski definition) is 13. The number of hydrogen-bond donors (Lipinski definition) is 14. The van der Waals surface area contributed by atoms with E-state index in [1.54, 1.807) is 42.6 Å². The summed E-state index contributed by atoms with van der Waals surface area (Å²) in [5.41, 5.74) is 19.2. The van der Waals surface area contributed by atoms with Gasteiger partial charge in [-0.1, -0.05) is 88.4 Å². The third-order valence-corrected chi connectivity index (χ3v) is 13.2. The van der Waals surface area contributed by atoms with Crippen LogP contribution in [0.2, 0.25) is 0 Å². The third-order valence-electron chi connectivity index (χ3n) is 13.2. The van der Waals surface area contributed by atoms with Gasteiger partial charge in [0.1, 0.15) is 54.1 Å². The minimum atomic E-state index is -1.39. The van der Waals surface area contributed by atoms with Crippen molar-refractivity contribution >= 4 is 70.0 Å². The van der Waals surface area contributed by atoms with E-state index < -0.39 is 114 Å². The van der Waals surface area contributed by atoms with Crippen LogP contribution in [0.25, 0.3) is 10.9 Å². The summed E-state index contributed by atoms with van der Waals surface area (Å²) >= 11 is 0. The maximum absolute atomic E-state index is 14.5. The van der Waals surface area contributed by atoms with Crippen LogP contribution in [0.5, 0.6) is 5.75 Å². The number of carbonyl (C=O) groups excluding carboxylic acids is 9. The highest BCUT2D eigenvalue weighted by Gasteiger charge is 2.35. The number of carboxylic acids is 1. The summed E-state index contributed by atoms with van der Waals surface area (Å²) in [6.07, 6.45) is 1.96. The van der Waals surface area contributed by atoms with Crippen molar-refractivity contribution in [3.8, 4) is 5.75 Å². The number of benzene rings is 3. The minimum absolute atomic E-state index is 0.0251. The molecular weight excluding hydrogens is 1040 g/mol. The molecule has 0 unspecified atom stereocenters. The van der Waals surface area contributed by atoms with E-state index in [4.69, 9.17) is 17.2 Å². The van der Waals surface area contributed by atoms with Gasteiger partial charge in [-0.3, -0.25) is 43.2 Å². The van der Waals surface area contributed by atoms with Gasteiger partial charge < -0.3 is 74.9 Å². The number of H-pyrrole nitrogens is 1. The van der Waals surface area contributed by atoms with Gasteiger partial charge in [-0.25, -0.2) is 4.79 Å². The van der Waals surface area contributed by atoms with E-state index in [0.717, 1.165) is 10.9 Å². The monoisotopic (exact) mass is 1120 g/mol. The molecule has 9 amide bonds. The van der Waals surface area contributed by atoms with Crippen molar-refractivity contribution in [1.29, 1.82) is 0 Å². The van der Waals surface area contributed by atoms with Crippen molar-refractivity contribution in [2.24, 2.45) is 29.0 Å². The average Bonchev–Trinajstić information content (AvgIpc) is 3.83. The zero-order valence-electron chi connectivity index (χ0n) is 46.6. The third kappa shape index (κ3) is 22.0. The molecule has 0 spiro atoms. The Labute approximate surface area is 471 Å². The van der Waals surface area contributed by atoms with Crippen LogP contribution in [0, 0.1) is 11.8 Å². The zero-order valence-corrected chi connectivity index (χ0v) is 46.6. The van der Waals surface area contributed by atoms with Crippen LogP contribution in [-0.2, 0) is 67.2 Å². The second kappa shape index (κ2) is 32.6. The number of carbonyl (C=O) groups is 10. The van der Waals surface area contributed by atoms with E-state index in [0.29, 0.717) is 29.5 Å². The van der Waals surface area contributed by atoms with E-state index in [2.05, 4.69) is 47.5 Å². The minimum Gasteiger partial charge on any atom is -0.508 e. The number of aromatic nitrogens is 1. The molecule has 4 aromatic rings. The molecule has 0 aliphatic heterocycles. The zero-order chi connectivity index (χ0) is 59.8. The molecular formula is C57H80N12O12. The van der Waals surface area contributed by atoms with Gasteiger partial charge in [0, 0.05) is 42.8 Å². The SMILES string of the molecule is CC(C)C[C@H](NC(=O)[C@H](Cc1c[nH]c2ccccc12)NC(=O)[C@H](CCC(N)=O)NC(=O)CN)C(=O)N[C@@H](CC(C)C)C(=O)N[C@@H](CCCCN)C(=O)N[C@@H](Cc1ccccc1)C(=O)N[C@@H](C)C(=O)N[C@@H](Cc1ccc(O)cc1)C(=O)O. The molecule has 440 valence electrons. The smallest absolute Gasteiger partial charge is 0.326 e. The number of unbranched alkanes of at least 4 members (excludes halogenated alkanes) is 1. The van der Waals surface area contributed by atoms with Gasteiger partial charge in [0.05, 0.1) is 6.54 Å². The van der Waals surface area contributed by atoms with Gasteiger partial charge >= 0.3 is 5.97 Å². The van der Waals surface area contributed by atoms with Gasteiger partial charge in [-0.15, -0.1) is 0 Å². The number of phenols is 1. The second-order valence-corrected chi connectivity index (χ2v) is 20.9. The summed E-state index contributed by atoms with van der Waals surface area (Å²) in [4.78, 5) is 139. The maximum atomic E-state index is 14.5. The Morgan fingerprint density at radius 2 is 0.975 bits per heavy atom. The molecule has 17 N–H and O–H groups in total. The number of nitrogens with two attached hydrogens (primary N) is 3. The van der Waals surface area contributed by atoms with Crippen LogP contribution < -0.4 is 59.7 Å². The lowest BCUT2D eigenvalue weighted by Gasteiger charge is -2.29. The van der Waals surface area contributed by atoms with E-state index in [9.17, 15) is 58.2 Å². The summed E-state index contributed by atoms with van der Waals surface area (Å²) in [5, 5.41) is 41.6. The fourth-order valence-corrected chi connectivity index (χ4v) is 8.87. The summed E-state index contributed by atoms with van der Waals surface area (Å²) in [6, 6.07) is 11.3. The van der Waals surface area contributed by atoms with E-state index in [-0.39, 0.29) is 75.5 Å². The maximum Gasteiger partial charge on any atom is 0.326 e. The number of primary amides is 1. The molecule has 0 saturated carbocycles. The number of aromatic amines is 1. The van der Waals surface area contributed by atoms with Crippen molar-refractivity contribution < 1.29 is 58.2 Å². The van der Waals surface area contributed by atoms with Gasteiger partial charge in [-0.2, -0.15) is 0 Å². The molecule has 3 aromatic carbocycles. The lowest BCUT2D eigenvalue weighted by molar-refractivity contribution is -0.142. The van der Waals surface area contributed by atoms with E-state index in [1.807, 2.05) is 45.9 Å². The first-order valence-corrected chi connectivity index (χ1v) is 27.2. The Kier molecular flexibility index (Phi) is 26.2. The second-order valence-electron chi connectivity index (χ2n) is 20.9. The van der Waals surface area contributed by atoms with Crippen LogP contribution in [-0.4, -0.2) is 136 Å². The molecule has 0 aliphatic carbocycles. The van der Waals surface area contributed by atoms with Gasteiger partial charge in [0.2, 0.25) is 53.2 Å². The largest absolute Gasteiger partial charge is 0.508 e. The predicted molar refractivity (Wildman–Crippen MR) is 302 cm³/mol. The summed E-state index contributed by atoms with van der Waals surface area (Å²) < 4.78 is 0. The van der Waals surface area contributed by atoms with Crippen molar-refractivity contribution in [3.05, 3.63) is 102 Å². The molecule has 0 radical (unpaired) electrons. The molecule has 0 fully saturated rings. The molecule has 81 heavy (non-hydrogen) atoms. The molecule has 24 nitrogen and oxygen atoms in total. The van der Waals surface area contributed by atoms with E-state index >= 15 is 0 Å². The Balaban J connectivity index is 1.58. The van der Waals surface area contributed by atoms with Crippen LogP contribution in [0.15, 0.2) is 85.1 Å². The molecule has 0 bridgehead atoms. The lowest BCUT2D eigenvalue weighted by atomic mass is 9.98. The van der Waals surface area contributed by atoms with Crippen molar-refractivity contribution in [2.45, 2.75) is 147 Å². The highest BCUT2D eigenvalue weighted by atomic mass is 16.4. The van der Waals surface area contributed by atoms with E-state index in [1.165, 1.54) is 31.2 Å². The lowest BCUT2D eigenvalue weighted by Crippen LogP contribution is -2.60. The average molecular weight is 1130 g/mol. The number of amides is 9. The summed E-state index contributed by atoms with van der Waals surface area (Å²) in [5.74, 6) is -8.67. The first-order valence-electron chi connectivity index (χ1n) is 27.2. The van der Waals surface area contributed by atoms with Crippen LogP contribution in [0.1, 0.15) is 96.3 Å². The number of aromatic hydroxyl groups is 1. The first-order chi connectivity index (χ1) is 38.5. The Morgan fingerprint density at radius 1 is 0.506 bits per heavy atom. The quantitative estimate of drug-likeness (QED) is 0.0281. The van der Waals surface area contributed by atoms with Gasteiger partial charge in [0.25, 0.3) is 0 Å². The first kappa shape index (κ1) is 65.1. The molecule has 0 aliphatic rings. The fraction of sp³-hybridized carbons (Fsp3) is 0.474. The summed E-state index contributed by atoms with van der Waals surface area (Å²) in [7, 11) is 0. The van der Waals surface area contributed by atoms with Crippen LogP contribution in [0.3, 0.4) is 0 Å². The van der Waals surface area contributed by atoms with Gasteiger partial charge in [0.15, 0.2) is 0 Å². The van der Waals surface area contributed by atoms with Crippen molar-refractivity contribution in [1.82, 2.24) is 47.5 Å². The van der Waals surface area contributed by atoms with Crippen molar-refractivity contribution in [3.63, 3.8) is 0 Å². The number of para-hydroxylation sites is 1. The molecule has 1 aromatic heterocycles. The molecule has 1 heterocycles. The van der Waals surface area contributed by atoms with Gasteiger partial charge in [-0.05, 0) is 98.7 Å². The number of phenolic OH excluding ortho intramolecular Hbond substituents is 1. The molecule has 4 rings (SSSR count). The highest BCUT2D eigenvalue weighted by molar-refractivity contribution is 5.98. The van der Waals surface area contributed by atoms with Crippen LogP contribution in [0.4, 0.5) is 0 Å². The number of aliphatic carboxylic acids is 1. The normalized spacial score (nSPS) is 14.2. The Hall–Kier alpha value is -8.38. The molecule has 0 saturated heterocycles. The summed E-state index contributed by atoms with van der Waals surface area (Å²) in [6.45, 7) is 8.43. The number of rotatable bonds is 34. The number of fused-ring (bicyclic) bond motifs is 1. The van der Waals surface area contributed by atoms with Crippen LogP contribution >= 0.6 is 0 Å². The standard InChI is InChI=1S/C57H80N12O12/c1-32(2)25-43(65-55(78)44(26-33(3)4)66-56(79)46(29-37-31-61-40-16-10-9-15-39(37)40)68-52(75)42(22-23-48(60)71)63-49(72)30-59)54(77)64-41(17-11-12-24-58)51(74)67-45(27-35-13-7-6-8-14-35)53(76)62-34(5)50(73)69-47(57(80)81)28-36-18-20-38(70)21-19-36/h6-10,13-16,18-21,31-34,41-47,61,70H,11-12,17,22-30,58-59H2,1-5H3,(H2,60,71)(H,62,76)(H,63,72)(H,64,77)(H,65,78)(H,66,79)(H,67,74)(H,68,75)(H,69,73)(H,80,81)/t34-,41-,42-,43-,44-,45-,46-,47-/m0/s1. The molecule has 24 heteroatoms. The molecule has 8 atom stereocenters. The highest BCUT2D eigenvalue weighted by Crippen LogP contribution is 2.20. The Bertz CT molecular complexity index is 2770. The number of carboxylic acid groups (broad SMARTS) is 1. The van der Waals surface area contributed by atoms with Crippen molar-refractivity contribution in [2.75, 3.05) is 13.1 Å². The Morgan fingerprint density at radius 3 is 1.53 bits per heavy atom. The topological polar surface area (TPSA) is 401 Å². The predicted octanol–water partition coefficient (Wildman–Crippen LogP) is 0.330.